The lowest BCUT2D eigenvalue weighted by atomic mass is 9.92. The highest BCUT2D eigenvalue weighted by Crippen LogP contribution is 2.28. The second kappa shape index (κ2) is 8.43. The van der Waals surface area contributed by atoms with Gasteiger partial charge in [0.05, 0.1) is 6.33 Å². The summed E-state index contributed by atoms with van der Waals surface area (Å²) in [6.45, 7) is 2.35. The summed E-state index contributed by atoms with van der Waals surface area (Å²) < 4.78 is 1.97. The summed E-state index contributed by atoms with van der Waals surface area (Å²) in [6.07, 6.45) is 5.39. The Labute approximate surface area is 179 Å². The summed E-state index contributed by atoms with van der Waals surface area (Å²) in [5, 5.41) is 5.47. The van der Waals surface area contributed by atoms with E-state index in [0.717, 1.165) is 22.6 Å². The monoisotopic (exact) mass is 417 g/mol. The van der Waals surface area contributed by atoms with Gasteiger partial charge in [0.25, 0.3) is 5.91 Å². The van der Waals surface area contributed by atoms with Crippen LogP contribution in [0.4, 0.5) is 4.79 Å². The Bertz CT molecular complexity index is 1080. The number of aromatic nitrogens is 2. The fraction of sp³-hybridized carbons (Fsp3) is 0.217. The van der Waals surface area contributed by atoms with Crippen LogP contribution in [0.25, 0.3) is 0 Å². The lowest BCUT2D eigenvalue weighted by Gasteiger charge is -2.22. The predicted octanol–water partition coefficient (Wildman–Crippen LogP) is 2.01. The minimum Gasteiger partial charge on any atom is -0.350 e. The van der Waals surface area contributed by atoms with Crippen molar-refractivity contribution in [2.75, 3.05) is 6.54 Å². The van der Waals surface area contributed by atoms with E-state index >= 15 is 0 Å². The molecule has 158 valence electrons. The summed E-state index contributed by atoms with van der Waals surface area (Å²) in [7, 11) is 0. The van der Waals surface area contributed by atoms with Crippen LogP contribution in [0.3, 0.4) is 0 Å². The third kappa shape index (κ3) is 4.32. The minimum atomic E-state index is -1.18. The van der Waals surface area contributed by atoms with Crippen molar-refractivity contribution in [1.82, 2.24) is 25.1 Å². The van der Waals surface area contributed by atoms with E-state index in [4.69, 9.17) is 0 Å². The molecule has 4 amide bonds. The predicted molar refractivity (Wildman–Crippen MR) is 114 cm³/mol. The number of imide groups is 1. The molecule has 0 spiro atoms. The molecular weight excluding hydrogens is 394 g/mol. The Hall–Kier alpha value is -3.94. The molecule has 31 heavy (non-hydrogen) atoms. The molecule has 2 N–H and O–H groups in total. The van der Waals surface area contributed by atoms with Crippen molar-refractivity contribution in [2.45, 2.75) is 25.6 Å². The average Bonchev–Trinajstić information content (AvgIpc) is 3.36. The summed E-state index contributed by atoms with van der Waals surface area (Å²) in [5.74, 6) is -0.842. The van der Waals surface area contributed by atoms with Gasteiger partial charge in [0, 0.05) is 25.5 Å². The number of nitrogens with zero attached hydrogens (tertiary/aromatic N) is 3. The van der Waals surface area contributed by atoms with Crippen molar-refractivity contribution < 1.29 is 14.4 Å². The Balaban J connectivity index is 1.32. The van der Waals surface area contributed by atoms with Crippen molar-refractivity contribution >= 4 is 17.8 Å². The number of imidazole rings is 1. The molecule has 1 fully saturated rings. The number of nitrogens with one attached hydrogen (secondary N) is 2. The highest BCUT2D eigenvalue weighted by atomic mass is 16.2. The van der Waals surface area contributed by atoms with Gasteiger partial charge in [-0.05, 0) is 23.6 Å². The number of hydrogen-bond acceptors (Lipinski definition) is 4. The van der Waals surface area contributed by atoms with E-state index in [1.807, 2.05) is 41.1 Å². The van der Waals surface area contributed by atoms with Crippen molar-refractivity contribution in [2.24, 2.45) is 0 Å². The topological polar surface area (TPSA) is 96.3 Å². The zero-order valence-corrected chi connectivity index (χ0v) is 17.1. The standard InChI is InChI=1S/C23H23N5O3/c1-23(19-5-3-2-4-6-19)21(30)28(22(31)26-23)15-20(29)25-13-17-7-9-18(10-8-17)14-27-12-11-24-16-27/h2-12,16H,13-15H2,1H3,(H,25,29)(H,26,31). The molecule has 1 atom stereocenters. The number of carbonyl (C=O) groups excluding carboxylic acids is 3. The maximum atomic E-state index is 12.9. The van der Waals surface area contributed by atoms with Crippen molar-refractivity contribution in [3.8, 4) is 0 Å². The van der Waals surface area contributed by atoms with Gasteiger partial charge in [-0.3, -0.25) is 14.5 Å². The summed E-state index contributed by atoms with van der Waals surface area (Å²) in [4.78, 5) is 42.6. The second-order valence-corrected chi connectivity index (χ2v) is 7.64. The molecule has 1 aromatic heterocycles. The van der Waals surface area contributed by atoms with E-state index in [0.29, 0.717) is 12.1 Å². The molecule has 2 heterocycles. The first kappa shape index (κ1) is 20.3. The molecule has 0 bridgehead atoms. The van der Waals surface area contributed by atoms with Gasteiger partial charge in [0.1, 0.15) is 12.1 Å². The van der Waals surface area contributed by atoms with Crippen LogP contribution in [0.2, 0.25) is 0 Å². The quantitative estimate of drug-likeness (QED) is 0.575. The number of amides is 4. The highest BCUT2D eigenvalue weighted by molar-refractivity contribution is 6.09. The summed E-state index contributed by atoms with van der Waals surface area (Å²) >= 11 is 0. The Morgan fingerprint density at radius 1 is 1.06 bits per heavy atom. The molecule has 1 aliphatic rings. The fourth-order valence-electron chi connectivity index (χ4n) is 3.56. The normalized spacial score (nSPS) is 18.2. The molecule has 4 rings (SSSR count). The molecule has 8 heteroatoms. The van der Waals surface area contributed by atoms with Gasteiger partial charge in [-0.2, -0.15) is 0 Å². The van der Waals surface area contributed by atoms with Gasteiger partial charge in [-0.1, -0.05) is 54.6 Å². The fourth-order valence-corrected chi connectivity index (χ4v) is 3.56. The van der Waals surface area contributed by atoms with E-state index in [1.165, 1.54) is 0 Å². The van der Waals surface area contributed by atoms with Crippen molar-refractivity contribution in [1.29, 1.82) is 0 Å². The van der Waals surface area contributed by atoms with Crippen molar-refractivity contribution in [3.63, 3.8) is 0 Å². The van der Waals surface area contributed by atoms with E-state index in [9.17, 15) is 14.4 Å². The molecular formula is C23H23N5O3. The second-order valence-electron chi connectivity index (χ2n) is 7.64. The largest absolute Gasteiger partial charge is 0.350 e. The van der Waals surface area contributed by atoms with Crippen LogP contribution in [0, 0.1) is 0 Å². The lowest BCUT2D eigenvalue weighted by Crippen LogP contribution is -2.43. The molecule has 8 nitrogen and oxygen atoms in total. The smallest absolute Gasteiger partial charge is 0.325 e. The van der Waals surface area contributed by atoms with Gasteiger partial charge < -0.3 is 15.2 Å². The zero-order chi connectivity index (χ0) is 21.8. The van der Waals surface area contributed by atoms with Crippen LogP contribution in [-0.2, 0) is 28.2 Å². The first-order valence-electron chi connectivity index (χ1n) is 9.95. The Morgan fingerprint density at radius 2 is 1.77 bits per heavy atom. The maximum absolute atomic E-state index is 12.9. The number of rotatable bonds is 7. The first-order chi connectivity index (χ1) is 15.0. The van der Waals surface area contributed by atoms with Crippen LogP contribution in [-0.4, -0.2) is 38.8 Å². The van der Waals surface area contributed by atoms with Gasteiger partial charge in [0.2, 0.25) is 5.91 Å². The molecule has 1 aliphatic heterocycles. The molecule has 1 saturated heterocycles. The van der Waals surface area contributed by atoms with Crippen LogP contribution < -0.4 is 10.6 Å². The lowest BCUT2D eigenvalue weighted by molar-refractivity contribution is -0.134. The molecule has 3 aromatic rings. The third-order valence-corrected chi connectivity index (χ3v) is 5.36. The van der Waals surface area contributed by atoms with Crippen LogP contribution in [0.1, 0.15) is 23.6 Å². The van der Waals surface area contributed by atoms with Crippen LogP contribution in [0.15, 0.2) is 73.3 Å². The zero-order valence-electron chi connectivity index (χ0n) is 17.1. The van der Waals surface area contributed by atoms with E-state index in [-0.39, 0.29) is 6.54 Å². The number of hydrogen-bond donors (Lipinski definition) is 2. The van der Waals surface area contributed by atoms with Gasteiger partial charge in [-0.25, -0.2) is 9.78 Å². The SMILES string of the molecule is CC1(c2ccccc2)NC(=O)N(CC(=O)NCc2ccc(Cn3ccnc3)cc2)C1=O. The molecule has 0 aliphatic carbocycles. The average molecular weight is 417 g/mol. The van der Waals surface area contributed by atoms with Crippen LogP contribution in [0.5, 0.6) is 0 Å². The molecule has 0 saturated carbocycles. The van der Waals surface area contributed by atoms with Gasteiger partial charge >= 0.3 is 6.03 Å². The van der Waals surface area contributed by atoms with E-state index in [2.05, 4.69) is 15.6 Å². The Morgan fingerprint density at radius 3 is 2.45 bits per heavy atom. The minimum absolute atomic E-state index is 0.309. The van der Waals surface area contributed by atoms with Gasteiger partial charge in [-0.15, -0.1) is 0 Å². The van der Waals surface area contributed by atoms with Crippen LogP contribution >= 0.6 is 0 Å². The van der Waals surface area contributed by atoms with Crippen molar-refractivity contribution in [3.05, 3.63) is 90.0 Å². The van der Waals surface area contributed by atoms with Gasteiger partial charge in [0.15, 0.2) is 0 Å². The number of urea groups is 1. The van der Waals surface area contributed by atoms with E-state index < -0.39 is 23.4 Å². The number of benzene rings is 2. The molecule has 0 radical (unpaired) electrons. The first-order valence-corrected chi connectivity index (χ1v) is 9.95. The molecule has 2 aromatic carbocycles. The molecule has 1 unspecified atom stereocenters. The third-order valence-electron chi connectivity index (χ3n) is 5.36. The Kier molecular flexibility index (Phi) is 5.53. The van der Waals surface area contributed by atoms with E-state index in [1.54, 1.807) is 43.7 Å². The number of carbonyl (C=O) groups is 3. The summed E-state index contributed by atoms with van der Waals surface area (Å²) in [6, 6.07) is 16.3. The summed E-state index contributed by atoms with van der Waals surface area (Å²) in [5.41, 5.74) is 1.54. The highest BCUT2D eigenvalue weighted by Gasteiger charge is 2.49. The maximum Gasteiger partial charge on any atom is 0.325 e.